The van der Waals surface area contributed by atoms with Crippen LogP contribution in [0, 0.1) is 5.92 Å². The van der Waals surface area contributed by atoms with Crippen molar-refractivity contribution in [2.45, 2.75) is 70.8 Å². The van der Waals surface area contributed by atoms with Crippen LogP contribution in [0.3, 0.4) is 0 Å². The van der Waals surface area contributed by atoms with E-state index in [9.17, 15) is 4.79 Å². The van der Waals surface area contributed by atoms with Gasteiger partial charge in [0.2, 0.25) is 0 Å². The van der Waals surface area contributed by atoms with Gasteiger partial charge in [0.15, 0.2) is 0 Å². The van der Waals surface area contributed by atoms with E-state index in [4.69, 9.17) is 10.5 Å². The Morgan fingerprint density at radius 2 is 2.18 bits per heavy atom. The van der Waals surface area contributed by atoms with E-state index >= 15 is 0 Å². The van der Waals surface area contributed by atoms with Gasteiger partial charge in [0.25, 0.3) is 0 Å². The minimum atomic E-state index is -0.706. The number of hydrogen-bond acceptors (Lipinski definition) is 3. The molecule has 0 aromatic rings. The van der Waals surface area contributed by atoms with E-state index in [2.05, 4.69) is 13.8 Å². The van der Waals surface area contributed by atoms with Crippen molar-refractivity contribution in [3.8, 4) is 0 Å². The Kier molecular flexibility index (Phi) is 5.96. The summed E-state index contributed by atoms with van der Waals surface area (Å²) in [7, 11) is 0. The lowest BCUT2D eigenvalue weighted by Gasteiger charge is -2.34. The van der Waals surface area contributed by atoms with Crippen LogP contribution in [0.2, 0.25) is 0 Å². The Bertz CT molecular complexity index is 242. The van der Waals surface area contributed by atoms with Crippen LogP contribution in [0.15, 0.2) is 0 Å². The number of rotatable bonds is 6. The normalized spacial score (nSPS) is 29.0. The predicted molar refractivity (Wildman–Crippen MR) is 69.7 cm³/mol. The Balaban J connectivity index is 2.26. The molecule has 1 fully saturated rings. The maximum Gasteiger partial charge on any atom is 0.326 e. The van der Waals surface area contributed by atoms with Gasteiger partial charge in [-0.05, 0) is 25.2 Å². The largest absolute Gasteiger partial charge is 0.464 e. The minimum absolute atomic E-state index is 0.180. The molecule has 2 atom stereocenters. The molecule has 1 aliphatic carbocycles. The van der Waals surface area contributed by atoms with Gasteiger partial charge in [0.1, 0.15) is 5.54 Å². The smallest absolute Gasteiger partial charge is 0.326 e. The summed E-state index contributed by atoms with van der Waals surface area (Å²) >= 11 is 0. The molecule has 1 rings (SSSR count). The molecule has 2 N–H and O–H groups in total. The fourth-order valence-electron chi connectivity index (χ4n) is 2.61. The monoisotopic (exact) mass is 241 g/mol. The Morgan fingerprint density at radius 3 is 2.82 bits per heavy atom. The molecule has 0 radical (unpaired) electrons. The topological polar surface area (TPSA) is 52.3 Å². The van der Waals surface area contributed by atoms with Crippen LogP contribution < -0.4 is 5.73 Å². The van der Waals surface area contributed by atoms with Crippen LogP contribution in [-0.4, -0.2) is 18.1 Å². The van der Waals surface area contributed by atoms with Crippen molar-refractivity contribution in [2.24, 2.45) is 11.7 Å². The van der Waals surface area contributed by atoms with Gasteiger partial charge in [-0.3, -0.25) is 4.79 Å². The number of carbonyl (C=O) groups excluding carboxylic acids is 1. The molecule has 0 amide bonds. The molecule has 1 aliphatic rings. The summed E-state index contributed by atoms with van der Waals surface area (Å²) in [5.74, 6) is 0.363. The highest BCUT2D eigenvalue weighted by atomic mass is 16.5. The first-order chi connectivity index (χ1) is 8.08. The summed E-state index contributed by atoms with van der Waals surface area (Å²) in [5, 5.41) is 0. The quantitative estimate of drug-likeness (QED) is 0.574. The highest BCUT2D eigenvalue weighted by Gasteiger charge is 2.39. The zero-order valence-corrected chi connectivity index (χ0v) is 11.3. The van der Waals surface area contributed by atoms with Crippen molar-refractivity contribution in [1.29, 1.82) is 0 Å². The third-order valence-electron chi connectivity index (χ3n) is 3.67. The minimum Gasteiger partial charge on any atom is -0.464 e. The van der Waals surface area contributed by atoms with Crippen LogP contribution in [-0.2, 0) is 9.53 Å². The summed E-state index contributed by atoms with van der Waals surface area (Å²) in [4.78, 5) is 12.0. The van der Waals surface area contributed by atoms with Crippen molar-refractivity contribution < 1.29 is 9.53 Å². The van der Waals surface area contributed by atoms with Gasteiger partial charge in [0.05, 0.1) is 6.61 Å². The van der Waals surface area contributed by atoms with Crippen LogP contribution in [0.1, 0.15) is 65.2 Å². The van der Waals surface area contributed by atoms with E-state index in [0.29, 0.717) is 12.5 Å². The van der Waals surface area contributed by atoms with Gasteiger partial charge in [-0.2, -0.15) is 0 Å². The molecule has 17 heavy (non-hydrogen) atoms. The van der Waals surface area contributed by atoms with Crippen molar-refractivity contribution in [3.05, 3.63) is 0 Å². The van der Waals surface area contributed by atoms with E-state index in [-0.39, 0.29) is 5.97 Å². The van der Waals surface area contributed by atoms with Crippen LogP contribution in [0.5, 0.6) is 0 Å². The third kappa shape index (κ3) is 4.66. The molecule has 0 aliphatic heterocycles. The predicted octanol–water partition coefficient (Wildman–Crippen LogP) is 3.02. The summed E-state index contributed by atoms with van der Waals surface area (Å²) < 4.78 is 5.32. The summed E-state index contributed by atoms with van der Waals surface area (Å²) in [6.07, 6.45) is 8.30. The number of unbranched alkanes of at least 4 members (excludes halogenated alkanes) is 3. The Hall–Kier alpha value is -0.570. The van der Waals surface area contributed by atoms with Crippen molar-refractivity contribution in [3.63, 3.8) is 0 Å². The first-order valence-corrected chi connectivity index (χ1v) is 7.04. The highest BCUT2D eigenvalue weighted by Crippen LogP contribution is 2.31. The van der Waals surface area contributed by atoms with E-state index in [0.717, 1.165) is 32.1 Å². The maximum atomic E-state index is 12.0. The lowest BCUT2D eigenvalue weighted by atomic mass is 9.77. The van der Waals surface area contributed by atoms with E-state index < -0.39 is 5.54 Å². The second-order valence-electron chi connectivity index (χ2n) is 5.55. The molecule has 100 valence electrons. The molecule has 1 saturated carbocycles. The van der Waals surface area contributed by atoms with Gasteiger partial charge in [-0.15, -0.1) is 0 Å². The van der Waals surface area contributed by atoms with E-state index in [1.54, 1.807) is 0 Å². The Morgan fingerprint density at radius 1 is 1.41 bits per heavy atom. The first kappa shape index (κ1) is 14.5. The summed E-state index contributed by atoms with van der Waals surface area (Å²) in [5.41, 5.74) is 5.45. The first-order valence-electron chi connectivity index (χ1n) is 7.04. The molecule has 0 heterocycles. The number of esters is 1. The third-order valence-corrected chi connectivity index (χ3v) is 3.67. The molecular formula is C14H27NO2. The molecule has 0 bridgehead atoms. The molecule has 3 nitrogen and oxygen atoms in total. The van der Waals surface area contributed by atoms with Crippen LogP contribution in [0.4, 0.5) is 0 Å². The lowest BCUT2D eigenvalue weighted by Crippen LogP contribution is -2.52. The number of carbonyl (C=O) groups is 1. The zero-order valence-electron chi connectivity index (χ0n) is 11.3. The zero-order chi connectivity index (χ0) is 12.7. The fourth-order valence-corrected chi connectivity index (χ4v) is 2.61. The molecule has 3 heteroatoms. The standard InChI is InChI=1S/C14H27NO2/c1-3-4-5-6-10-17-13(16)14(15)9-7-8-12(2)11-14/h12H,3-11,15H2,1-2H3. The maximum absolute atomic E-state index is 12.0. The average molecular weight is 241 g/mol. The lowest BCUT2D eigenvalue weighted by molar-refractivity contribution is -0.152. The van der Waals surface area contributed by atoms with Gasteiger partial charge >= 0.3 is 5.97 Å². The van der Waals surface area contributed by atoms with Gasteiger partial charge in [-0.25, -0.2) is 0 Å². The summed E-state index contributed by atoms with van der Waals surface area (Å²) in [6, 6.07) is 0. The van der Waals surface area contributed by atoms with Crippen molar-refractivity contribution in [1.82, 2.24) is 0 Å². The number of ether oxygens (including phenoxy) is 1. The van der Waals surface area contributed by atoms with Crippen LogP contribution in [0.25, 0.3) is 0 Å². The fraction of sp³-hybridized carbons (Fsp3) is 0.929. The molecular weight excluding hydrogens is 214 g/mol. The second kappa shape index (κ2) is 7.00. The molecule has 0 aromatic heterocycles. The number of nitrogens with two attached hydrogens (primary N) is 1. The second-order valence-corrected chi connectivity index (χ2v) is 5.55. The van der Waals surface area contributed by atoms with E-state index in [1.807, 2.05) is 0 Å². The van der Waals surface area contributed by atoms with Gasteiger partial charge in [0, 0.05) is 0 Å². The number of hydrogen-bond donors (Lipinski definition) is 1. The van der Waals surface area contributed by atoms with Crippen molar-refractivity contribution in [2.75, 3.05) is 6.61 Å². The van der Waals surface area contributed by atoms with Gasteiger partial charge in [-0.1, -0.05) is 46.0 Å². The van der Waals surface area contributed by atoms with Crippen LogP contribution >= 0.6 is 0 Å². The molecule has 0 spiro atoms. The average Bonchev–Trinajstić information content (AvgIpc) is 2.28. The van der Waals surface area contributed by atoms with E-state index in [1.165, 1.54) is 19.3 Å². The Labute approximate surface area is 105 Å². The molecule has 0 aromatic carbocycles. The summed E-state index contributed by atoms with van der Waals surface area (Å²) in [6.45, 7) is 4.87. The van der Waals surface area contributed by atoms with Crippen molar-refractivity contribution >= 4 is 5.97 Å². The molecule has 0 saturated heterocycles. The SMILES string of the molecule is CCCCCCOC(=O)C1(N)CCCC(C)C1. The molecule has 2 unspecified atom stereocenters. The highest BCUT2D eigenvalue weighted by molar-refractivity contribution is 5.80. The van der Waals surface area contributed by atoms with Gasteiger partial charge < -0.3 is 10.5 Å².